The second-order valence-electron chi connectivity index (χ2n) is 10.2. The van der Waals surface area contributed by atoms with Crippen LogP contribution in [0.5, 0.6) is 0 Å². The van der Waals surface area contributed by atoms with Crippen LogP contribution in [0.1, 0.15) is 43.4 Å². The van der Waals surface area contributed by atoms with E-state index < -0.39 is 35.7 Å². The second-order valence-corrected chi connectivity index (χ2v) is 10.2. The Hall–Kier alpha value is -4.17. The first-order valence-corrected chi connectivity index (χ1v) is 12.9. The van der Waals surface area contributed by atoms with Crippen LogP contribution < -0.4 is 5.32 Å². The molecule has 0 saturated heterocycles. The lowest BCUT2D eigenvalue weighted by molar-refractivity contribution is -0.157. The first-order valence-electron chi connectivity index (χ1n) is 12.9. The van der Waals surface area contributed by atoms with Crippen molar-refractivity contribution in [3.8, 4) is 11.1 Å². The lowest BCUT2D eigenvalue weighted by Gasteiger charge is -2.36. The molecule has 3 aromatic rings. The third-order valence-electron chi connectivity index (χ3n) is 7.40. The van der Waals surface area contributed by atoms with Gasteiger partial charge in [0.25, 0.3) is 0 Å². The van der Waals surface area contributed by atoms with Crippen molar-refractivity contribution in [2.45, 2.75) is 51.0 Å². The van der Waals surface area contributed by atoms with Crippen molar-refractivity contribution in [3.63, 3.8) is 0 Å². The summed E-state index contributed by atoms with van der Waals surface area (Å²) in [5, 5.41) is 12.3. The molecule has 0 heterocycles. The summed E-state index contributed by atoms with van der Waals surface area (Å²) < 4.78 is 11.6. The molecule has 0 spiro atoms. The average molecular weight is 531 g/mol. The first-order chi connectivity index (χ1) is 18.6. The molecule has 3 aromatic carbocycles. The summed E-state index contributed by atoms with van der Waals surface area (Å²) in [6.07, 6.45) is -1.56. The number of rotatable bonds is 10. The van der Waals surface area contributed by atoms with Gasteiger partial charge in [0.15, 0.2) is 0 Å². The van der Waals surface area contributed by atoms with Crippen LogP contribution >= 0.6 is 0 Å². The Morgan fingerprint density at radius 1 is 0.923 bits per heavy atom. The number of carboxylic acid groups (broad SMARTS) is 1. The summed E-state index contributed by atoms with van der Waals surface area (Å²) in [6, 6.07) is 24.3. The number of carboxylic acids is 1. The molecule has 1 aliphatic carbocycles. The van der Waals surface area contributed by atoms with Crippen LogP contribution in [-0.4, -0.2) is 59.3 Å². The number of carbonyl (C=O) groups is 3. The molecule has 0 fully saturated rings. The van der Waals surface area contributed by atoms with E-state index >= 15 is 0 Å². The number of likely N-dealkylation sites (N-methyl/N-ethyl adjacent to an activating group) is 1. The molecule has 2 N–H and O–H groups in total. The number of benzene rings is 3. The van der Waals surface area contributed by atoms with E-state index in [1.54, 1.807) is 6.92 Å². The quantitative estimate of drug-likeness (QED) is 0.389. The minimum absolute atomic E-state index is 0.0798. The molecule has 4 rings (SSSR count). The van der Waals surface area contributed by atoms with Crippen molar-refractivity contribution in [2.24, 2.45) is 0 Å². The van der Waals surface area contributed by atoms with Crippen molar-refractivity contribution < 1.29 is 29.0 Å². The summed E-state index contributed by atoms with van der Waals surface area (Å²) in [6.45, 7) is 4.80. The second kappa shape index (κ2) is 11.7. The van der Waals surface area contributed by atoms with Gasteiger partial charge in [-0.1, -0.05) is 78.9 Å². The van der Waals surface area contributed by atoms with Crippen LogP contribution in [0.2, 0.25) is 0 Å². The highest BCUT2D eigenvalue weighted by molar-refractivity contribution is 5.91. The minimum atomic E-state index is -1.50. The fraction of sp³-hybridized carbons (Fsp3) is 0.323. The molecule has 0 aliphatic heterocycles. The zero-order valence-electron chi connectivity index (χ0n) is 22.6. The highest BCUT2D eigenvalue weighted by Crippen LogP contribution is 2.44. The minimum Gasteiger partial charge on any atom is -0.480 e. The number of aliphatic carboxylic acids is 1. The van der Waals surface area contributed by atoms with Crippen molar-refractivity contribution in [1.82, 2.24) is 10.2 Å². The topological polar surface area (TPSA) is 105 Å². The molecule has 0 aromatic heterocycles. The lowest BCUT2D eigenvalue weighted by atomic mass is 9.98. The molecule has 0 bridgehead atoms. The van der Waals surface area contributed by atoms with Gasteiger partial charge in [-0.2, -0.15) is 0 Å². The van der Waals surface area contributed by atoms with E-state index in [1.165, 1.54) is 20.9 Å². The number of ether oxygens (including phenoxy) is 2. The Morgan fingerprint density at radius 3 is 2.03 bits per heavy atom. The Balaban J connectivity index is 1.49. The summed E-state index contributed by atoms with van der Waals surface area (Å²) in [7, 11) is 1.40. The average Bonchev–Trinajstić information content (AvgIpc) is 3.26. The van der Waals surface area contributed by atoms with Crippen molar-refractivity contribution in [2.75, 3.05) is 13.7 Å². The highest BCUT2D eigenvalue weighted by Gasteiger charge is 2.40. The van der Waals surface area contributed by atoms with Gasteiger partial charge < -0.3 is 24.8 Å². The number of hydrogen-bond donors (Lipinski definition) is 2. The van der Waals surface area contributed by atoms with E-state index in [0.717, 1.165) is 32.7 Å². The van der Waals surface area contributed by atoms with E-state index in [1.807, 2.05) is 66.7 Å². The van der Waals surface area contributed by atoms with Gasteiger partial charge in [0.05, 0.1) is 12.7 Å². The van der Waals surface area contributed by atoms with Crippen LogP contribution in [0.3, 0.4) is 0 Å². The van der Waals surface area contributed by atoms with Crippen LogP contribution in [0.25, 0.3) is 11.1 Å². The van der Waals surface area contributed by atoms with Crippen LogP contribution in [-0.2, 0) is 25.7 Å². The molecule has 0 unspecified atom stereocenters. The number of nitrogens with zero attached hydrogens (tertiary/aromatic N) is 1. The third kappa shape index (κ3) is 5.96. The van der Waals surface area contributed by atoms with E-state index in [2.05, 4.69) is 17.4 Å². The maximum Gasteiger partial charge on any atom is 0.407 e. The van der Waals surface area contributed by atoms with Gasteiger partial charge in [-0.3, -0.25) is 4.79 Å². The monoisotopic (exact) mass is 530 g/mol. The third-order valence-corrected chi connectivity index (χ3v) is 7.40. The first kappa shape index (κ1) is 27.9. The maximum absolute atomic E-state index is 13.5. The standard InChI is InChI=1S/C31H34N2O6/c1-20(38-18-21-12-6-5-7-13-21)27(28(34)33(4)31(2,3)29(35)36)32-30(37)39-19-26-24-16-10-8-14-22(24)23-15-9-11-17-25(23)26/h5-17,20,26-27H,18-19H2,1-4H3,(H,32,37)(H,35,36)/t20-,27+/m0/s1. The fourth-order valence-electron chi connectivity index (χ4n) is 4.67. The van der Waals surface area contributed by atoms with E-state index in [9.17, 15) is 19.5 Å². The van der Waals surface area contributed by atoms with Gasteiger partial charge in [0, 0.05) is 13.0 Å². The highest BCUT2D eigenvalue weighted by atomic mass is 16.5. The Morgan fingerprint density at radius 2 is 1.46 bits per heavy atom. The number of nitrogens with one attached hydrogen (secondary N) is 1. The molecule has 0 saturated carbocycles. The summed E-state index contributed by atoms with van der Waals surface area (Å²) in [5.41, 5.74) is 3.75. The SMILES string of the molecule is C[C@H](OCc1ccccc1)[C@@H](NC(=O)OCC1c2ccccc2-c2ccccc21)C(=O)N(C)C(C)(C)C(=O)O. The number of hydrogen-bond acceptors (Lipinski definition) is 5. The molecule has 0 radical (unpaired) electrons. The van der Waals surface area contributed by atoms with Gasteiger partial charge in [-0.25, -0.2) is 9.59 Å². The summed E-state index contributed by atoms with van der Waals surface area (Å²) in [5.74, 6) is -1.91. The Labute approximate surface area is 228 Å². The van der Waals surface area contributed by atoms with Crippen LogP contribution in [0, 0.1) is 0 Å². The molecule has 2 atom stereocenters. The van der Waals surface area contributed by atoms with Crippen molar-refractivity contribution in [3.05, 3.63) is 95.6 Å². The Bertz CT molecular complexity index is 1290. The molecule has 2 amide bonds. The number of amides is 2. The number of fused-ring (bicyclic) bond motifs is 3. The predicted molar refractivity (Wildman–Crippen MR) is 147 cm³/mol. The normalized spacial score (nSPS) is 14.1. The summed E-state index contributed by atoms with van der Waals surface area (Å²) >= 11 is 0. The predicted octanol–water partition coefficient (Wildman–Crippen LogP) is 4.82. The van der Waals surface area contributed by atoms with Gasteiger partial charge in [-0.05, 0) is 48.6 Å². The molecule has 39 heavy (non-hydrogen) atoms. The van der Waals surface area contributed by atoms with Gasteiger partial charge in [0.1, 0.15) is 18.2 Å². The smallest absolute Gasteiger partial charge is 0.407 e. The van der Waals surface area contributed by atoms with Gasteiger partial charge in [-0.15, -0.1) is 0 Å². The molecule has 8 nitrogen and oxygen atoms in total. The maximum atomic E-state index is 13.5. The van der Waals surface area contributed by atoms with E-state index in [-0.39, 0.29) is 19.1 Å². The molecule has 1 aliphatic rings. The van der Waals surface area contributed by atoms with Crippen molar-refractivity contribution >= 4 is 18.0 Å². The molecule has 8 heteroatoms. The van der Waals surface area contributed by atoms with E-state index in [4.69, 9.17) is 9.47 Å². The summed E-state index contributed by atoms with van der Waals surface area (Å²) in [4.78, 5) is 39.4. The lowest BCUT2D eigenvalue weighted by Crippen LogP contribution is -2.60. The number of carbonyl (C=O) groups excluding carboxylic acids is 2. The number of alkyl carbamates (subject to hydrolysis) is 1. The van der Waals surface area contributed by atoms with Crippen LogP contribution in [0.15, 0.2) is 78.9 Å². The van der Waals surface area contributed by atoms with Gasteiger partial charge >= 0.3 is 12.1 Å². The largest absolute Gasteiger partial charge is 0.480 e. The zero-order chi connectivity index (χ0) is 28.2. The fourth-order valence-corrected chi connectivity index (χ4v) is 4.67. The molecular formula is C31H34N2O6. The van der Waals surface area contributed by atoms with Crippen LogP contribution in [0.4, 0.5) is 4.79 Å². The zero-order valence-corrected chi connectivity index (χ0v) is 22.6. The Kier molecular flexibility index (Phi) is 8.35. The van der Waals surface area contributed by atoms with Gasteiger partial charge in [0.2, 0.25) is 5.91 Å². The molecular weight excluding hydrogens is 496 g/mol. The van der Waals surface area contributed by atoms with Crippen molar-refractivity contribution in [1.29, 1.82) is 0 Å². The van der Waals surface area contributed by atoms with E-state index in [0.29, 0.717) is 0 Å². The molecule has 204 valence electrons.